The van der Waals surface area contributed by atoms with Gasteiger partial charge in [-0.05, 0) is 18.1 Å². The summed E-state index contributed by atoms with van der Waals surface area (Å²) in [6.07, 6.45) is -2.14. The summed E-state index contributed by atoms with van der Waals surface area (Å²) in [4.78, 5) is 11.8. The van der Waals surface area contributed by atoms with Crippen molar-refractivity contribution in [2.24, 2.45) is 0 Å². The number of hydrogen-bond donors (Lipinski definition) is 1. The lowest BCUT2D eigenvalue weighted by molar-refractivity contribution is -0.132. The first kappa shape index (κ1) is 12.2. The van der Waals surface area contributed by atoms with E-state index in [2.05, 4.69) is 33.9 Å². The molecule has 0 bridgehead atoms. The van der Waals surface area contributed by atoms with Gasteiger partial charge in [0.25, 0.3) is 0 Å². The molecule has 0 aromatic heterocycles. The molecule has 5 heteroatoms. The van der Waals surface area contributed by atoms with Gasteiger partial charge in [0.1, 0.15) is 24.4 Å². The number of ether oxygens (including phenoxy) is 1. The molecular formula is C11H20O4Si. The molecule has 4 atom stereocenters. The predicted octanol–water partition coefficient (Wildman–Crippen LogP) is 1.09. The summed E-state index contributed by atoms with van der Waals surface area (Å²) in [5, 5.41) is 9.89. The number of aliphatic hydroxyl groups is 1. The second-order valence-corrected chi connectivity index (χ2v) is 11.0. The summed E-state index contributed by atoms with van der Waals surface area (Å²) in [5.41, 5.74) is 0. The van der Waals surface area contributed by atoms with Crippen molar-refractivity contribution in [3.63, 3.8) is 0 Å². The number of epoxide rings is 1. The molecule has 2 aliphatic rings. The molecule has 1 aliphatic heterocycles. The summed E-state index contributed by atoms with van der Waals surface area (Å²) in [7, 11) is -2.00. The topological polar surface area (TPSA) is 59.1 Å². The zero-order valence-electron chi connectivity index (χ0n) is 10.5. The molecule has 4 nitrogen and oxygen atoms in total. The molecule has 1 heterocycles. The van der Waals surface area contributed by atoms with Crippen LogP contribution in [-0.4, -0.2) is 43.6 Å². The molecule has 0 radical (unpaired) electrons. The van der Waals surface area contributed by atoms with E-state index in [9.17, 15) is 9.90 Å². The van der Waals surface area contributed by atoms with Crippen LogP contribution in [0.2, 0.25) is 18.1 Å². The van der Waals surface area contributed by atoms with Crippen molar-refractivity contribution in [1.82, 2.24) is 0 Å². The van der Waals surface area contributed by atoms with Gasteiger partial charge in [0.05, 0.1) is 0 Å². The lowest BCUT2D eigenvalue weighted by atomic mass is 10.2. The minimum atomic E-state index is -2.00. The van der Waals surface area contributed by atoms with Gasteiger partial charge in [-0.3, -0.25) is 4.79 Å². The van der Waals surface area contributed by atoms with Gasteiger partial charge in [0.2, 0.25) is 0 Å². The SMILES string of the molecule is CC(C)(C)[Si](C)(C)O[C@H]1C(=O)[C@@H]2O[C@@H]2[C@@H]1O. The highest BCUT2D eigenvalue weighted by Gasteiger charge is 2.63. The molecule has 0 aromatic carbocycles. The average molecular weight is 244 g/mol. The van der Waals surface area contributed by atoms with Crippen molar-refractivity contribution in [1.29, 1.82) is 0 Å². The molecule has 0 amide bonds. The number of hydrogen-bond acceptors (Lipinski definition) is 4. The molecule has 2 fully saturated rings. The number of rotatable bonds is 2. The number of carbonyl (C=O) groups excluding carboxylic acids is 1. The Morgan fingerprint density at radius 1 is 1.38 bits per heavy atom. The third-order valence-electron chi connectivity index (χ3n) is 3.96. The lowest BCUT2D eigenvalue weighted by Crippen LogP contribution is -2.49. The number of Topliss-reactive ketones (excluding diaryl/α,β-unsaturated/α-hetero) is 1. The van der Waals surface area contributed by atoms with Gasteiger partial charge in [0, 0.05) is 0 Å². The number of ketones is 1. The number of carbonyl (C=O) groups is 1. The van der Waals surface area contributed by atoms with Crippen LogP contribution in [0.4, 0.5) is 0 Å². The van der Waals surface area contributed by atoms with E-state index in [0.717, 1.165) is 0 Å². The lowest BCUT2D eigenvalue weighted by Gasteiger charge is -2.38. The maximum Gasteiger partial charge on any atom is 0.194 e. The standard InChI is InChI=1S/C11H20O4Si/c1-11(2,3)16(4,5)15-8-6(12)9-10(14-9)7(8)13/h6,8-10,12H,1-5H3/t6-,8-,9-,10+/m1/s1. The van der Waals surface area contributed by atoms with Crippen molar-refractivity contribution >= 4 is 14.1 Å². The van der Waals surface area contributed by atoms with E-state index < -0.39 is 26.6 Å². The van der Waals surface area contributed by atoms with Crippen LogP contribution in [0.5, 0.6) is 0 Å². The van der Waals surface area contributed by atoms with Gasteiger partial charge < -0.3 is 14.3 Å². The molecule has 0 unspecified atom stereocenters. The highest BCUT2D eigenvalue weighted by molar-refractivity contribution is 6.74. The van der Waals surface area contributed by atoms with Gasteiger partial charge >= 0.3 is 0 Å². The number of fused-ring (bicyclic) bond motifs is 1. The van der Waals surface area contributed by atoms with Gasteiger partial charge in [-0.25, -0.2) is 0 Å². The van der Waals surface area contributed by atoms with Crippen molar-refractivity contribution < 1.29 is 19.1 Å². The highest BCUT2D eigenvalue weighted by atomic mass is 28.4. The van der Waals surface area contributed by atoms with E-state index in [1.54, 1.807) is 0 Å². The summed E-state index contributed by atoms with van der Waals surface area (Å²) in [6, 6.07) is 0. The molecule has 0 aromatic rings. The van der Waals surface area contributed by atoms with E-state index in [1.165, 1.54) is 0 Å². The maximum atomic E-state index is 11.8. The Bertz CT molecular complexity index is 320. The summed E-state index contributed by atoms with van der Waals surface area (Å²) >= 11 is 0. The third kappa shape index (κ3) is 1.75. The highest BCUT2D eigenvalue weighted by Crippen LogP contribution is 2.43. The van der Waals surface area contributed by atoms with Crippen LogP contribution in [0, 0.1) is 0 Å². The molecular weight excluding hydrogens is 224 g/mol. The molecule has 16 heavy (non-hydrogen) atoms. The van der Waals surface area contributed by atoms with Crippen LogP contribution in [0.1, 0.15) is 20.8 Å². The molecule has 2 rings (SSSR count). The van der Waals surface area contributed by atoms with E-state index in [1.807, 2.05) is 0 Å². The first-order valence-corrected chi connectivity index (χ1v) is 8.61. The van der Waals surface area contributed by atoms with Gasteiger partial charge in [-0.2, -0.15) is 0 Å². The van der Waals surface area contributed by atoms with Crippen LogP contribution in [0.25, 0.3) is 0 Å². The fraction of sp³-hybridized carbons (Fsp3) is 0.909. The minimum Gasteiger partial charge on any atom is -0.404 e. The Balaban J connectivity index is 2.08. The Hall–Kier alpha value is -0.233. The quantitative estimate of drug-likeness (QED) is 0.583. The van der Waals surface area contributed by atoms with Gasteiger partial charge in [-0.1, -0.05) is 20.8 Å². The Labute approximate surface area is 97.1 Å². The molecule has 1 N–H and O–H groups in total. The van der Waals surface area contributed by atoms with E-state index >= 15 is 0 Å². The summed E-state index contributed by atoms with van der Waals surface area (Å²) < 4.78 is 11.0. The summed E-state index contributed by atoms with van der Waals surface area (Å²) in [5.74, 6) is -0.0812. The smallest absolute Gasteiger partial charge is 0.194 e. The third-order valence-corrected chi connectivity index (χ3v) is 8.42. The second-order valence-electron chi connectivity index (χ2n) is 6.21. The Morgan fingerprint density at radius 2 is 1.94 bits per heavy atom. The second kappa shape index (κ2) is 3.38. The van der Waals surface area contributed by atoms with Crippen molar-refractivity contribution in [3.8, 4) is 0 Å². The molecule has 92 valence electrons. The Morgan fingerprint density at radius 3 is 2.31 bits per heavy atom. The zero-order chi connectivity index (χ0) is 12.3. The van der Waals surface area contributed by atoms with Crippen molar-refractivity contribution in [2.75, 3.05) is 0 Å². The number of aliphatic hydroxyl groups excluding tert-OH is 1. The van der Waals surface area contributed by atoms with E-state index in [4.69, 9.17) is 9.16 Å². The minimum absolute atomic E-state index is 0.0423. The van der Waals surface area contributed by atoms with Crippen LogP contribution < -0.4 is 0 Å². The van der Waals surface area contributed by atoms with Crippen molar-refractivity contribution in [3.05, 3.63) is 0 Å². The van der Waals surface area contributed by atoms with Gasteiger partial charge in [0.15, 0.2) is 14.1 Å². The maximum absolute atomic E-state index is 11.8. The molecule has 0 spiro atoms. The first-order chi connectivity index (χ1) is 7.15. The van der Waals surface area contributed by atoms with Gasteiger partial charge in [-0.15, -0.1) is 0 Å². The van der Waals surface area contributed by atoms with Crippen LogP contribution in [-0.2, 0) is 14.0 Å². The van der Waals surface area contributed by atoms with Crippen LogP contribution in [0.15, 0.2) is 0 Å². The van der Waals surface area contributed by atoms with Crippen LogP contribution in [0.3, 0.4) is 0 Å². The predicted molar refractivity (Wildman–Crippen MR) is 61.7 cm³/mol. The molecule has 1 aliphatic carbocycles. The van der Waals surface area contributed by atoms with Crippen LogP contribution >= 0.6 is 0 Å². The normalized spacial score (nSPS) is 38.8. The van der Waals surface area contributed by atoms with Crippen molar-refractivity contribution in [2.45, 2.75) is 63.3 Å². The first-order valence-electron chi connectivity index (χ1n) is 5.70. The monoisotopic (exact) mass is 244 g/mol. The summed E-state index contributed by atoms with van der Waals surface area (Å²) in [6.45, 7) is 10.5. The average Bonchev–Trinajstić information content (AvgIpc) is 2.84. The molecule has 1 saturated heterocycles. The molecule has 1 saturated carbocycles. The van der Waals surface area contributed by atoms with E-state index in [-0.39, 0.29) is 16.9 Å². The fourth-order valence-electron chi connectivity index (χ4n) is 1.74. The van der Waals surface area contributed by atoms with E-state index in [0.29, 0.717) is 0 Å². The fourth-order valence-corrected chi connectivity index (χ4v) is 2.98. The largest absolute Gasteiger partial charge is 0.404 e. The zero-order valence-corrected chi connectivity index (χ0v) is 11.5. The Kier molecular flexibility index (Phi) is 2.59.